The monoisotopic (exact) mass is 436 g/mol. The average molecular weight is 436 g/mol. The standard InChI is InChI=1S/C23H20N2O5S/c1-3-30-23(27)21-20(17-10-12-18(13-11-17)25(28)29)15(2)31-22(21)24-19(26)14-9-16-7-5-4-6-8-16/h4-14H,3H2,1-2H3,(H,24,26). The lowest BCUT2D eigenvalue weighted by molar-refractivity contribution is -0.384. The molecule has 3 rings (SSSR count). The molecule has 0 spiro atoms. The Kier molecular flexibility index (Phi) is 6.94. The predicted octanol–water partition coefficient (Wildman–Crippen LogP) is 5.46. The number of nitro groups is 1. The molecule has 1 aromatic heterocycles. The van der Waals surface area contributed by atoms with Crippen LogP contribution in [0.4, 0.5) is 10.7 Å². The molecule has 0 saturated heterocycles. The van der Waals surface area contributed by atoms with Crippen LogP contribution >= 0.6 is 11.3 Å². The Labute approximate surface area is 183 Å². The highest BCUT2D eigenvalue weighted by Gasteiger charge is 2.25. The molecule has 0 radical (unpaired) electrons. The van der Waals surface area contributed by atoms with E-state index < -0.39 is 10.9 Å². The van der Waals surface area contributed by atoms with Gasteiger partial charge in [0.05, 0.1) is 11.5 Å². The molecule has 0 unspecified atom stereocenters. The first-order valence-corrected chi connectivity index (χ1v) is 10.3. The van der Waals surface area contributed by atoms with E-state index in [9.17, 15) is 19.7 Å². The summed E-state index contributed by atoms with van der Waals surface area (Å²) in [4.78, 5) is 36.4. The van der Waals surface area contributed by atoms with Crippen LogP contribution in [0.1, 0.15) is 27.7 Å². The van der Waals surface area contributed by atoms with Gasteiger partial charge in [0.2, 0.25) is 5.91 Å². The van der Waals surface area contributed by atoms with Gasteiger partial charge in [-0.2, -0.15) is 0 Å². The molecule has 8 heteroatoms. The number of nitro benzene ring substituents is 1. The molecule has 0 saturated carbocycles. The quantitative estimate of drug-likeness (QED) is 0.229. The summed E-state index contributed by atoms with van der Waals surface area (Å²) in [5, 5.41) is 14.1. The van der Waals surface area contributed by atoms with Gasteiger partial charge in [-0.25, -0.2) is 4.79 Å². The number of thiophene rings is 1. The molecule has 0 aliphatic heterocycles. The fraction of sp³-hybridized carbons (Fsp3) is 0.130. The summed E-state index contributed by atoms with van der Waals surface area (Å²) in [6, 6.07) is 15.3. The van der Waals surface area contributed by atoms with Crippen molar-refractivity contribution >= 4 is 40.0 Å². The van der Waals surface area contributed by atoms with E-state index in [1.807, 2.05) is 37.3 Å². The first-order valence-electron chi connectivity index (χ1n) is 9.50. The molecule has 1 amide bonds. The second-order valence-electron chi connectivity index (χ2n) is 6.50. The number of nitrogens with zero attached hydrogens (tertiary/aromatic N) is 1. The van der Waals surface area contributed by atoms with Crippen molar-refractivity contribution in [2.75, 3.05) is 11.9 Å². The van der Waals surface area contributed by atoms with Crippen LogP contribution in [0.5, 0.6) is 0 Å². The number of rotatable bonds is 7. The van der Waals surface area contributed by atoms with E-state index in [0.717, 1.165) is 10.4 Å². The predicted molar refractivity (Wildman–Crippen MR) is 121 cm³/mol. The maximum Gasteiger partial charge on any atom is 0.341 e. The largest absolute Gasteiger partial charge is 0.462 e. The van der Waals surface area contributed by atoms with Gasteiger partial charge >= 0.3 is 5.97 Å². The molecule has 3 aromatic rings. The molecule has 0 atom stereocenters. The number of nitrogens with one attached hydrogen (secondary N) is 1. The van der Waals surface area contributed by atoms with E-state index in [0.29, 0.717) is 16.1 Å². The third kappa shape index (κ3) is 5.23. The van der Waals surface area contributed by atoms with E-state index in [4.69, 9.17) is 4.74 Å². The van der Waals surface area contributed by atoms with Crippen molar-refractivity contribution in [3.63, 3.8) is 0 Å². The van der Waals surface area contributed by atoms with Gasteiger partial charge in [-0.15, -0.1) is 11.3 Å². The molecule has 7 nitrogen and oxygen atoms in total. The lowest BCUT2D eigenvalue weighted by atomic mass is 10.0. The Hall–Kier alpha value is -3.78. The van der Waals surface area contributed by atoms with Gasteiger partial charge in [0.25, 0.3) is 5.69 Å². The Balaban J connectivity index is 1.96. The van der Waals surface area contributed by atoms with E-state index >= 15 is 0 Å². The van der Waals surface area contributed by atoms with E-state index in [1.165, 1.54) is 29.5 Å². The number of carbonyl (C=O) groups excluding carboxylic acids is 2. The number of hydrogen-bond acceptors (Lipinski definition) is 6. The fourth-order valence-electron chi connectivity index (χ4n) is 3.02. The van der Waals surface area contributed by atoms with Crippen LogP contribution in [0.15, 0.2) is 60.7 Å². The smallest absolute Gasteiger partial charge is 0.341 e. The van der Waals surface area contributed by atoms with Crippen molar-refractivity contribution in [2.45, 2.75) is 13.8 Å². The van der Waals surface area contributed by atoms with E-state index in [2.05, 4.69) is 5.32 Å². The Morgan fingerprint density at radius 2 is 1.81 bits per heavy atom. The molecule has 158 valence electrons. The molecule has 31 heavy (non-hydrogen) atoms. The minimum atomic E-state index is -0.567. The van der Waals surface area contributed by atoms with Gasteiger partial charge < -0.3 is 10.1 Å². The normalized spacial score (nSPS) is 10.8. The maximum atomic E-state index is 12.7. The number of aryl methyl sites for hydroxylation is 1. The highest BCUT2D eigenvalue weighted by Crippen LogP contribution is 2.40. The highest BCUT2D eigenvalue weighted by atomic mass is 32.1. The molecule has 0 aliphatic carbocycles. The average Bonchev–Trinajstić information content (AvgIpc) is 3.08. The lowest BCUT2D eigenvalue weighted by Crippen LogP contribution is -2.12. The van der Waals surface area contributed by atoms with Crippen LogP contribution in [0.25, 0.3) is 17.2 Å². The minimum Gasteiger partial charge on any atom is -0.462 e. The third-order valence-electron chi connectivity index (χ3n) is 4.39. The van der Waals surface area contributed by atoms with Crippen LogP contribution in [0.2, 0.25) is 0 Å². The van der Waals surface area contributed by atoms with Gasteiger partial charge in [0.15, 0.2) is 0 Å². The second kappa shape index (κ2) is 9.82. The molecular weight excluding hydrogens is 416 g/mol. The summed E-state index contributed by atoms with van der Waals surface area (Å²) in [6.45, 7) is 3.69. The van der Waals surface area contributed by atoms with Crippen LogP contribution < -0.4 is 5.32 Å². The van der Waals surface area contributed by atoms with E-state index in [-0.39, 0.29) is 23.8 Å². The van der Waals surface area contributed by atoms with Crippen LogP contribution in [-0.2, 0) is 9.53 Å². The van der Waals surface area contributed by atoms with Crippen molar-refractivity contribution in [1.29, 1.82) is 0 Å². The second-order valence-corrected chi connectivity index (χ2v) is 7.72. The van der Waals surface area contributed by atoms with Gasteiger partial charge in [0, 0.05) is 28.6 Å². The van der Waals surface area contributed by atoms with Gasteiger partial charge in [-0.3, -0.25) is 14.9 Å². The maximum absolute atomic E-state index is 12.7. The fourth-order valence-corrected chi connectivity index (χ4v) is 4.09. The van der Waals surface area contributed by atoms with Crippen molar-refractivity contribution in [2.24, 2.45) is 0 Å². The van der Waals surface area contributed by atoms with E-state index in [1.54, 1.807) is 25.1 Å². The summed E-state index contributed by atoms with van der Waals surface area (Å²) >= 11 is 1.25. The molecule has 1 N–H and O–H groups in total. The van der Waals surface area contributed by atoms with Crippen molar-refractivity contribution < 1.29 is 19.2 Å². The Morgan fingerprint density at radius 3 is 2.42 bits per heavy atom. The Bertz CT molecular complexity index is 1130. The zero-order valence-electron chi connectivity index (χ0n) is 17.0. The molecule has 2 aromatic carbocycles. The first kappa shape index (κ1) is 21.9. The number of hydrogen-bond donors (Lipinski definition) is 1. The first-order chi connectivity index (χ1) is 14.9. The summed E-state index contributed by atoms with van der Waals surface area (Å²) in [5.41, 5.74) is 2.27. The van der Waals surface area contributed by atoms with Crippen LogP contribution in [0.3, 0.4) is 0 Å². The molecule has 0 fully saturated rings. The van der Waals surface area contributed by atoms with Crippen LogP contribution in [-0.4, -0.2) is 23.4 Å². The minimum absolute atomic E-state index is 0.0473. The number of benzene rings is 2. The number of anilines is 1. The lowest BCUT2D eigenvalue weighted by Gasteiger charge is -2.08. The van der Waals surface area contributed by atoms with Crippen LogP contribution in [0, 0.1) is 17.0 Å². The Morgan fingerprint density at radius 1 is 1.13 bits per heavy atom. The number of ether oxygens (including phenoxy) is 1. The number of carbonyl (C=O) groups is 2. The summed E-state index contributed by atoms with van der Waals surface area (Å²) in [7, 11) is 0. The summed E-state index contributed by atoms with van der Waals surface area (Å²) in [6.07, 6.45) is 3.07. The van der Waals surface area contributed by atoms with Crippen molar-refractivity contribution in [3.05, 3.63) is 86.8 Å². The molecule has 0 bridgehead atoms. The number of esters is 1. The van der Waals surface area contributed by atoms with Gasteiger partial charge in [-0.1, -0.05) is 30.3 Å². The van der Waals surface area contributed by atoms with Crippen molar-refractivity contribution in [3.8, 4) is 11.1 Å². The third-order valence-corrected chi connectivity index (χ3v) is 5.41. The number of non-ortho nitro benzene ring substituents is 1. The molecule has 1 heterocycles. The molecular formula is C23H20N2O5S. The SMILES string of the molecule is CCOC(=O)c1c(NC(=O)C=Cc2ccccc2)sc(C)c1-c1ccc([N+](=O)[O-])cc1. The van der Waals surface area contributed by atoms with Gasteiger partial charge in [0.1, 0.15) is 10.6 Å². The highest BCUT2D eigenvalue weighted by molar-refractivity contribution is 7.17. The zero-order valence-corrected chi connectivity index (χ0v) is 17.8. The zero-order chi connectivity index (χ0) is 22.4. The molecule has 0 aliphatic rings. The van der Waals surface area contributed by atoms with Crippen molar-refractivity contribution in [1.82, 2.24) is 0 Å². The number of amides is 1. The van der Waals surface area contributed by atoms with Gasteiger partial charge in [-0.05, 0) is 43.2 Å². The summed E-state index contributed by atoms with van der Waals surface area (Å²) in [5.74, 6) is -0.951. The summed E-state index contributed by atoms with van der Waals surface area (Å²) < 4.78 is 5.21. The topological polar surface area (TPSA) is 98.5 Å².